The van der Waals surface area contributed by atoms with Gasteiger partial charge in [-0.15, -0.1) is 0 Å². The fourth-order valence-corrected chi connectivity index (χ4v) is 5.20. The second-order valence-electron chi connectivity index (χ2n) is 8.74. The number of nitrogens with one attached hydrogen (secondary N) is 2. The Morgan fingerprint density at radius 1 is 1.19 bits per heavy atom. The SMILES string of the molecule is CN=C(NCCN1C(=O)C2C3C=CC(C3)C2C1=O)NCC(c1cccc(F)c1)N(C)C. The smallest absolute Gasteiger partial charge is 0.233 e. The molecule has 2 aliphatic carbocycles. The summed E-state index contributed by atoms with van der Waals surface area (Å²) in [5, 5.41) is 6.44. The van der Waals surface area contributed by atoms with Gasteiger partial charge in [-0.3, -0.25) is 19.5 Å². The second-order valence-corrected chi connectivity index (χ2v) is 8.74. The van der Waals surface area contributed by atoms with E-state index in [1.807, 2.05) is 25.1 Å². The van der Waals surface area contributed by atoms with Crippen LogP contribution in [-0.4, -0.2) is 68.4 Å². The number of carbonyl (C=O) groups excluding carboxylic acids is 2. The topological polar surface area (TPSA) is 77.0 Å². The van der Waals surface area contributed by atoms with Crippen molar-refractivity contribution >= 4 is 17.8 Å². The molecule has 1 heterocycles. The van der Waals surface area contributed by atoms with Crippen molar-refractivity contribution in [3.8, 4) is 0 Å². The first-order valence-electron chi connectivity index (χ1n) is 10.8. The van der Waals surface area contributed by atoms with Crippen LogP contribution in [0.5, 0.6) is 0 Å². The van der Waals surface area contributed by atoms with E-state index < -0.39 is 0 Å². The number of hydrogen-bond acceptors (Lipinski definition) is 4. The van der Waals surface area contributed by atoms with Gasteiger partial charge in [-0.2, -0.15) is 0 Å². The van der Waals surface area contributed by atoms with Crippen LogP contribution in [0.2, 0.25) is 0 Å². The van der Waals surface area contributed by atoms with Crippen LogP contribution in [-0.2, 0) is 9.59 Å². The Hall–Kier alpha value is -2.74. The zero-order valence-corrected chi connectivity index (χ0v) is 18.2. The number of rotatable bonds is 7. The Morgan fingerprint density at radius 3 is 2.45 bits per heavy atom. The van der Waals surface area contributed by atoms with Crippen LogP contribution in [0.1, 0.15) is 18.0 Å². The Morgan fingerprint density at radius 2 is 1.87 bits per heavy atom. The van der Waals surface area contributed by atoms with E-state index in [1.165, 1.54) is 17.0 Å². The van der Waals surface area contributed by atoms with Crippen molar-refractivity contribution in [2.24, 2.45) is 28.7 Å². The lowest BCUT2D eigenvalue weighted by molar-refractivity contribution is -0.140. The van der Waals surface area contributed by atoms with Crippen molar-refractivity contribution < 1.29 is 14.0 Å². The third kappa shape index (κ3) is 4.08. The zero-order valence-electron chi connectivity index (χ0n) is 18.2. The molecule has 1 saturated heterocycles. The summed E-state index contributed by atoms with van der Waals surface area (Å²) in [5.41, 5.74) is 0.871. The number of allylic oxidation sites excluding steroid dienone is 2. The van der Waals surface area contributed by atoms with Crippen molar-refractivity contribution in [1.82, 2.24) is 20.4 Å². The molecule has 8 heteroatoms. The molecule has 0 radical (unpaired) electrons. The highest BCUT2D eigenvalue weighted by molar-refractivity contribution is 6.06. The highest BCUT2D eigenvalue weighted by Crippen LogP contribution is 2.52. The number of amides is 2. The highest BCUT2D eigenvalue weighted by Gasteiger charge is 2.58. The average molecular weight is 428 g/mol. The maximum absolute atomic E-state index is 13.6. The van der Waals surface area contributed by atoms with Crippen molar-refractivity contribution in [3.05, 3.63) is 47.8 Å². The molecular weight excluding hydrogens is 397 g/mol. The third-order valence-electron chi connectivity index (χ3n) is 6.73. The summed E-state index contributed by atoms with van der Waals surface area (Å²) in [6.45, 7) is 1.27. The van der Waals surface area contributed by atoms with Gasteiger partial charge in [0.25, 0.3) is 0 Å². The number of nitrogens with zero attached hydrogens (tertiary/aromatic N) is 3. The Bertz CT molecular complexity index is 885. The molecular formula is C23H30FN5O2. The van der Waals surface area contributed by atoms with Crippen LogP contribution in [0.4, 0.5) is 4.39 Å². The zero-order chi connectivity index (χ0) is 22.1. The maximum atomic E-state index is 13.6. The van der Waals surface area contributed by atoms with Gasteiger partial charge < -0.3 is 15.5 Å². The van der Waals surface area contributed by atoms with Gasteiger partial charge in [0, 0.05) is 26.7 Å². The number of imide groups is 1. The number of likely N-dealkylation sites (N-methyl/N-ethyl adjacent to an activating group) is 1. The molecule has 4 rings (SSSR count). The first-order chi connectivity index (χ1) is 14.9. The predicted molar refractivity (Wildman–Crippen MR) is 117 cm³/mol. The molecule has 5 atom stereocenters. The lowest BCUT2D eigenvalue weighted by Crippen LogP contribution is -2.45. The summed E-state index contributed by atoms with van der Waals surface area (Å²) in [6, 6.07) is 6.52. The normalized spacial score (nSPS) is 27.9. The third-order valence-corrected chi connectivity index (χ3v) is 6.73. The van der Waals surface area contributed by atoms with Gasteiger partial charge in [0.2, 0.25) is 11.8 Å². The van der Waals surface area contributed by atoms with Crippen LogP contribution < -0.4 is 10.6 Å². The molecule has 1 saturated carbocycles. The van der Waals surface area contributed by atoms with Crippen LogP contribution >= 0.6 is 0 Å². The van der Waals surface area contributed by atoms with Gasteiger partial charge >= 0.3 is 0 Å². The minimum absolute atomic E-state index is 0.0321. The molecule has 0 aromatic heterocycles. The highest BCUT2D eigenvalue weighted by atomic mass is 19.1. The van der Waals surface area contributed by atoms with Crippen LogP contribution in [0.15, 0.2) is 41.4 Å². The molecule has 1 aliphatic heterocycles. The van der Waals surface area contributed by atoms with E-state index >= 15 is 0 Å². The van der Waals surface area contributed by atoms with Crippen LogP contribution in [0.3, 0.4) is 0 Å². The van der Waals surface area contributed by atoms with Crippen molar-refractivity contribution in [3.63, 3.8) is 0 Å². The van der Waals surface area contributed by atoms with Gasteiger partial charge in [0.15, 0.2) is 5.96 Å². The van der Waals surface area contributed by atoms with E-state index in [4.69, 9.17) is 0 Å². The Balaban J connectivity index is 1.29. The Labute approximate surface area is 182 Å². The molecule has 166 valence electrons. The number of likely N-dealkylation sites (tertiary alicyclic amines) is 1. The number of hydrogen-bond donors (Lipinski definition) is 2. The van der Waals surface area contributed by atoms with Gasteiger partial charge in [0.1, 0.15) is 5.82 Å². The molecule has 2 amide bonds. The fraction of sp³-hybridized carbons (Fsp3) is 0.522. The van der Waals surface area contributed by atoms with E-state index in [0.717, 1.165) is 12.0 Å². The fourth-order valence-electron chi connectivity index (χ4n) is 5.20. The number of fused-ring (bicyclic) bond motifs is 5. The summed E-state index contributed by atoms with van der Waals surface area (Å²) in [7, 11) is 5.55. The molecule has 31 heavy (non-hydrogen) atoms. The molecule has 0 spiro atoms. The summed E-state index contributed by atoms with van der Waals surface area (Å²) in [4.78, 5) is 33.2. The minimum Gasteiger partial charge on any atom is -0.355 e. The molecule has 3 aliphatic rings. The van der Waals surface area contributed by atoms with E-state index in [1.54, 1.807) is 13.1 Å². The number of carbonyl (C=O) groups is 2. The molecule has 2 N–H and O–H groups in total. The quantitative estimate of drug-likeness (QED) is 0.298. The van der Waals surface area contributed by atoms with Crippen molar-refractivity contribution in [2.45, 2.75) is 12.5 Å². The monoisotopic (exact) mass is 427 g/mol. The molecule has 1 aromatic rings. The number of guanidine groups is 1. The van der Waals surface area contributed by atoms with E-state index in [-0.39, 0.29) is 47.3 Å². The number of halogens is 1. The standard InChI is InChI=1S/C23H30FN5O2/c1-25-23(27-13-18(28(2)3)14-5-4-6-17(24)12-14)26-9-10-29-21(30)19-15-7-8-16(11-15)20(19)22(29)31/h4-8,12,15-16,18-20H,9-11,13H2,1-3H3,(H2,25,26,27). The van der Waals surface area contributed by atoms with E-state index in [9.17, 15) is 14.0 Å². The maximum Gasteiger partial charge on any atom is 0.233 e. The van der Waals surface area contributed by atoms with Crippen LogP contribution in [0.25, 0.3) is 0 Å². The van der Waals surface area contributed by atoms with E-state index in [0.29, 0.717) is 25.6 Å². The van der Waals surface area contributed by atoms with Crippen molar-refractivity contribution in [2.75, 3.05) is 40.8 Å². The van der Waals surface area contributed by atoms with Crippen LogP contribution in [0, 0.1) is 29.5 Å². The molecule has 2 bridgehead atoms. The van der Waals surface area contributed by atoms with Crippen molar-refractivity contribution in [1.29, 1.82) is 0 Å². The largest absolute Gasteiger partial charge is 0.355 e. The molecule has 5 unspecified atom stereocenters. The molecule has 7 nitrogen and oxygen atoms in total. The lowest BCUT2D eigenvalue weighted by atomic mass is 9.85. The summed E-state index contributed by atoms with van der Waals surface area (Å²) >= 11 is 0. The summed E-state index contributed by atoms with van der Waals surface area (Å²) in [5.74, 6) is 0.378. The predicted octanol–water partition coefficient (Wildman–Crippen LogP) is 1.40. The first kappa shape index (κ1) is 21.5. The van der Waals surface area contributed by atoms with Gasteiger partial charge in [-0.05, 0) is 50.0 Å². The minimum atomic E-state index is -0.264. The lowest BCUT2D eigenvalue weighted by Gasteiger charge is -2.26. The summed E-state index contributed by atoms with van der Waals surface area (Å²) in [6.07, 6.45) is 5.14. The number of aliphatic imine (C=N–C) groups is 1. The molecule has 2 fully saturated rings. The second kappa shape index (κ2) is 8.78. The average Bonchev–Trinajstić information content (AvgIpc) is 3.42. The van der Waals surface area contributed by atoms with Gasteiger partial charge in [-0.1, -0.05) is 24.3 Å². The summed E-state index contributed by atoms with van der Waals surface area (Å²) < 4.78 is 13.6. The Kier molecular flexibility index (Phi) is 6.09. The van der Waals surface area contributed by atoms with Gasteiger partial charge in [0.05, 0.1) is 17.9 Å². The number of benzene rings is 1. The van der Waals surface area contributed by atoms with E-state index in [2.05, 4.69) is 27.8 Å². The van der Waals surface area contributed by atoms with Gasteiger partial charge in [-0.25, -0.2) is 4.39 Å². The molecule has 1 aromatic carbocycles. The first-order valence-corrected chi connectivity index (χ1v) is 10.8.